The van der Waals surface area contributed by atoms with Crippen molar-refractivity contribution in [2.24, 2.45) is 11.8 Å². The molecule has 0 radical (unpaired) electrons. The lowest BCUT2D eigenvalue weighted by Gasteiger charge is -2.33. The number of nitrogens with one attached hydrogen (secondary N) is 1. The van der Waals surface area contributed by atoms with Gasteiger partial charge in [-0.25, -0.2) is 4.90 Å². The van der Waals surface area contributed by atoms with Crippen molar-refractivity contribution in [1.29, 1.82) is 0 Å². The molecular formula is C23H32N4O4. The van der Waals surface area contributed by atoms with Gasteiger partial charge in [-0.3, -0.25) is 19.7 Å². The molecule has 1 saturated carbocycles. The van der Waals surface area contributed by atoms with Crippen LogP contribution >= 0.6 is 0 Å². The minimum atomic E-state index is -0.448. The summed E-state index contributed by atoms with van der Waals surface area (Å²) in [6.45, 7) is 4.98. The lowest BCUT2D eigenvalue weighted by atomic mass is 9.81. The van der Waals surface area contributed by atoms with Gasteiger partial charge in [0.15, 0.2) is 0 Å². The number of nitro benzene ring substituents is 1. The van der Waals surface area contributed by atoms with Gasteiger partial charge in [-0.1, -0.05) is 19.3 Å². The van der Waals surface area contributed by atoms with Crippen LogP contribution in [-0.4, -0.2) is 47.3 Å². The molecule has 168 valence electrons. The third kappa shape index (κ3) is 4.44. The number of nitrogens with zero attached hydrogens (tertiary/aromatic N) is 3. The van der Waals surface area contributed by atoms with Gasteiger partial charge in [-0.2, -0.15) is 0 Å². The molecule has 1 N–H and O–H groups in total. The predicted octanol–water partition coefficient (Wildman–Crippen LogP) is 3.95. The maximum atomic E-state index is 12.8. The van der Waals surface area contributed by atoms with Gasteiger partial charge in [0.25, 0.3) is 5.69 Å². The van der Waals surface area contributed by atoms with E-state index in [0.717, 1.165) is 45.2 Å². The number of anilines is 2. The zero-order chi connectivity index (χ0) is 22.0. The van der Waals surface area contributed by atoms with Crippen LogP contribution in [0.2, 0.25) is 0 Å². The van der Waals surface area contributed by atoms with Crippen molar-refractivity contribution in [3.63, 3.8) is 0 Å². The summed E-state index contributed by atoms with van der Waals surface area (Å²) in [6, 6.07) is 5.23. The van der Waals surface area contributed by atoms with Crippen molar-refractivity contribution >= 4 is 28.9 Å². The second-order valence-electron chi connectivity index (χ2n) is 9.13. The fourth-order valence-electron chi connectivity index (χ4n) is 5.37. The highest BCUT2D eigenvalue weighted by molar-refractivity contribution is 6.22. The van der Waals surface area contributed by atoms with Crippen molar-refractivity contribution in [2.45, 2.75) is 64.3 Å². The molecule has 2 heterocycles. The summed E-state index contributed by atoms with van der Waals surface area (Å²) < 4.78 is 0. The first-order valence-corrected chi connectivity index (χ1v) is 11.6. The molecule has 3 fully saturated rings. The van der Waals surface area contributed by atoms with Crippen LogP contribution in [-0.2, 0) is 9.59 Å². The van der Waals surface area contributed by atoms with Crippen molar-refractivity contribution in [3.8, 4) is 0 Å². The van der Waals surface area contributed by atoms with E-state index in [0.29, 0.717) is 24.0 Å². The Bertz CT molecular complexity index is 834. The first-order valence-electron chi connectivity index (χ1n) is 11.6. The van der Waals surface area contributed by atoms with Crippen LogP contribution in [0.15, 0.2) is 18.2 Å². The van der Waals surface area contributed by atoms with E-state index in [-0.39, 0.29) is 29.3 Å². The summed E-state index contributed by atoms with van der Waals surface area (Å²) in [5.41, 5.74) is 0.639. The fraction of sp³-hybridized carbons (Fsp3) is 0.652. The largest absolute Gasteiger partial charge is 0.379 e. The first-order chi connectivity index (χ1) is 15.0. The number of rotatable bonds is 7. The minimum absolute atomic E-state index is 0.0979. The quantitative estimate of drug-likeness (QED) is 0.306. The van der Waals surface area contributed by atoms with Crippen LogP contribution in [0.3, 0.4) is 0 Å². The Hall–Kier alpha value is -2.48. The van der Waals surface area contributed by atoms with Crippen LogP contribution in [0.5, 0.6) is 0 Å². The van der Waals surface area contributed by atoms with Gasteiger partial charge in [-0.05, 0) is 57.7 Å². The molecule has 1 aliphatic carbocycles. The van der Waals surface area contributed by atoms with Gasteiger partial charge in [0.05, 0.1) is 22.4 Å². The molecule has 0 bridgehead atoms. The molecule has 8 heteroatoms. The molecule has 3 atom stereocenters. The Morgan fingerprint density at radius 1 is 1.06 bits per heavy atom. The van der Waals surface area contributed by atoms with Crippen LogP contribution in [0, 0.1) is 22.0 Å². The Labute approximate surface area is 183 Å². The highest BCUT2D eigenvalue weighted by Gasteiger charge is 2.49. The van der Waals surface area contributed by atoms with E-state index in [4.69, 9.17) is 0 Å². The van der Waals surface area contributed by atoms with Crippen molar-refractivity contribution in [2.75, 3.05) is 29.9 Å². The van der Waals surface area contributed by atoms with E-state index < -0.39 is 4.92 Å². The van der Waals surface area contributed by atoms with Gasteiger partial charge in [-0.15, -0.1) is 0 Å². The summed E-state index contributed by atoms with van der Waals surface area (Å²) in [5, 5.41) is 14.9. The van der Waals surface area contributed by atoms with Crippen LogP contribution in [0.25, 0.3) is 0 Å². The van der Waals surface area contributed by atoms with Crippen molar-refractivity contribution < 1.29 is 14.5 Å². The monoisotopic (exact) mass is 428 g/mol. The standard InChI is InChI=1S/C23H32N4O4/c1-16-7-4-5-13-25(16)14-6-12-24-20-11-10-17(15-21(20)27(30)31)26-22(28)18-8-2-3-9-19(18)23(26)29/h10-11,15-16,18-19,24H,2-9,12-14H2,1H3. The van der Waals surface area contributed by atoms with E-state index in [9.17, 15) is 19.7 Å². The number of carbonyl (C=O) groups excluding carboxylic acids is 2. The average molecular weight is 429 g/mol. The van der Waals surface area contributed by atoms with Gasteiger partial charge < -0.3 is 10.2 Å². The maximum absolute atomic E-state index is 12.8. The first kappa shape index (κ1) is 21.7. The van der Waals surface area contributed by atoms with Crippen molar-refractivity contribution in [1.82, 2.24) is 4.90 Å². The SMILES string of the molecule is CC1CCCCN1CCCNc1ccc(N2C(=O)C3CCCCC3C2=O)cc1[N+](=O)[O-]. The third-order valence-corrected chi connectivity index (χ3v) is 7.16. The van der Waals surface area contributed by atoms with E-state index in [1.165, 1.54) is 30.2 Å². The Morgan fingerprint density at radius 2 is 1.74 bits per heavy atom. The number of benzene rings is 1. The predicted molar refractivity (Wildman–Crippen MR) is 119 cm³/mol. The molecule has 1 aromatic carbocycles. The molecule has 3 unspecified atom stereocenters. The fourth-order valence-corrected chi connectivity index (χ4v) is 5.37. The summed E-state index contributed by atoms with van der Waals surface area (Å²) in [4.78, 5) is 40.5. The third-order valence-electron chi connectivity index (χ3n) is 7.16. The molecule has 31 heavy (non-hydrogen) atoms. The number of likely N-dealkylation sites (tertiary alicyclic amines) is 1. The molecule has 2 aliphatic heterocycles. The van der Waals surface area contributed by atoms with E-state index >= 15 is 0 Å². The second kappa shape index (κ2) is 9.34. The highest BCUT2D eigenvalue weighted by Crippen LogP contribution is 2.41. The molecule has 3 aliphatic rings. The number of hydrogen-bond acceptors (Lipinski definition) is 6. The maximum Gasteiger partial charge on any atom is 0.294 e. The number of nitro groups is 1. The molecule has 4 rings (SSSR count). The van der Waals surface area contributed by atoms with Gasteiger partial charge in [0.1, 0.15) is 5.69 Å². The molecule has 0 spiro atoms. The Morgan fingerprint density at radius 3 is 2.39 bits per heavy atom. The number of carbonyl (C=O) groups is 2. The molecule has 1 aromatic rings. The van der Waals surface area contributed by atoms with Crippen LogP contribution in [0.4, 0.5) is 17.1 Å². The summed E-state index contributed by atoms with van der Waals surface area (Å²) >= 11 is 0. The average Bonchev–Trinajstić information content (AvgIpc) is 3.03. The smallest absolute Gasteiger partial charge is 0.294 e. The zero-order valence-corrected chi connectivity index (χ0v) is 18.2. The molecule has 0 aromatic heterocycles. The van der Waals surface area contributed by atoms with Crippen LogP contribution < -0.4 is 10.2 Å². The summed E-state index contributed by atoms with van der Waals surface area (Å²) in [6.07, 6.45) is 8.01. The van der Waals surface area contributed by atoms with Gasteiger partial charge in [0.2, 0.25) is 11.8 Å². The van der Waals surface area contributed by atoms with E-state index in [1.807, 2.05) is 0 Å². The molecular weight excluding hydrogens is 396 g/mol. The molecule has 2 saturated heterocycles. The van der Waals surface area contributed by atoms with Crippen molar-refractivity contribution in [3.05, 3.63) is 28.3 Å². The lowest BCUT2D eigenvalue weighted by Crippen LogP contribution is -2.38. The molecule has 2 amide bonds. The normalized spacial score (nSPS) is 26.7. The zero-order valence-electron chi connectivity index (χ0n) is 18.2. The van der Waals surface area contributed by atoms with Crippen LogP contribution in [0.1, 0.15) is 58.3 Å². The van der Waals surface area contributed by atoms with E-state index in [1.54, 1.807) is 12.1 Å². The van der Waals surface area contributed by atoms with E-state index in [2.05, 4.69) is 17.1 Å². The van der Waals surface area contributed by atoms with Gasteiger partial charge >= 0.3 is 0 Å². The summed E-state index contributed by atoms with van der Waals surface area (Å²) in [5.74, 6) is -0.953. The Balaban J connectivity index is 1.43. The summed E-state index contributed by atoms with van der Waals surface area (Å²) in [7, 11) is 0. The lowest BCUT2D eigenvalue weighted by molar-refractivity contribution is -0.383. The number of piperidine rings is 1. The number of amides is 2. The van der Waals surface area contributed by atoms with Gasteiger partial charge in [0, 0.05) is 25.2 Å². The molecule has 8 nitrogen and oxygen atoms in total. The Kier molecular flexibility index (Phi) is 6.55. The second-order valence-corrected chi connectivity index (χ2v) is 9.13. The topological polar surface area (TPSA) is 95.8 Å². The number of hydrogen-bond donors (Lipinski definition) is 1. The number of imide groups is 1. The minimum Gasteiger partial charge on any atom is -0.379 e. The highest BCUT2D eigenvalue weighted by atomic mass is 16.6. The number of fused-ring (bicyclic) bond motifs is 1.